The lowest BCUT2D eigenvalue weighted by molar-refractivity contribution is 0.337. The average molecular weight is 280 g/mol. The molecule has 2 saturated carbocycles. The molecular weight excluding hydrogens is 265 g/mol. The van der Waals surface area contributed by atoms with Crippen LogP contribution >= 0.6 is 23.2 Å². The van der Waals surface area contributed by atoms with Crippen molar-refractivity contribution in [2.75, 3.05) is 0 Å². The summed E-state index contributed by atoms with van der Waals surface area (Å²) in [5.74, 6) is 1.82. The van der Waals surface area contributed by atoms with Crippen molar-refractivity contribution in [2.45, 2.75) is 31.7 Å². The maximum Gasteiger partial charge on any atom is 0.0514 e. The van der Waals surface area contributed by atoms with E-state index in [1.54, 1.807) is 0 Å². The molecule has 1 nitrogen and oxygen atoms in total. The first kappa shape index (κ1) is 11.2. The molecule has 3 atom stereocenters. The maximum atomic E-state index is 6.26. The van der Waals surface area contributed by atoms with Gasteiger partial charge in [-0.25, -0.2) is 0 Å². The monoisotopic (exact) mass is 279 g/mol. The fourth-order valence-corrected chi connectivity index (χ4v) is 4.57. The second-order valence-corrected chi connectivity index (χ2v) is 6.63. The van der Waals surface area contributed by atoms with Crippen molar-refractivity contribution in [1.82, 2.24) is 4.57 Å². The first-order valence-corrected chi connectivity index (χ1v) is 7.43. The third-order valence-electron chi connectivity index (χ3n) is 4.81. The summed E-state index contributed by atoms with van der Waals surface area (Å²) in [4.78, 5) is 0. The SMILES string of the molecule is Clc1cc(Cl)c2ccn(C3CC4CCC3C4)c2c1. The van der Waals surface area contributed by atoms with Gasteiger partial charge in [0.1, 0.15) is 0 Å². The predicted octanol–water partition coefficient (Wildman–Crippen LogP) is 5.31. The quantitative estimate of drug-likeness (QED) is 0.667. The van der Waals surface area contributed by atoms with Gasteiger partial charge in [-0.1, -0.05) is 29.6 Å². The van der Waals surface area contributed by atoms with Crippen molar-refractivity contribution >= 4 is 34.1 Å². The summed E-state index contributed by atoms with van der Waals surface area (Å²) >= 11 is 12.4. The van der Waals surface area contributed by atoms with Crippen LogP contribution in [0.5, 0.6) is 0 Å². The summed E-state index contributed by atoms with van der Waals surface area (Å²) in [6, 6.07) is 6.67. The lowest BCUT2D eigenvalue weighted by Gasteiger charge is -2.24. The lowest BCUT2D eigenvalue weighted by Crippen LogP contribution is -2.15. The fraction of sp³-hybridized carbons (Fsp3) is 0.467. The molecule has 4 rings (SSSR count). The number of aromatic nitrogens is 1. The molecule has 0 radical (unpaired) electrons. The topological polar surface area (TPSA) is 4.93 Å². The zero-order chi connectivity index (χ0) is 12.3. The van der Waals surface area contributed by atoms with Crippen molar-refractivity contribution in [3.63, 3.8) is 0 Å². The summed E-state index contributed by atoms with van der Waals surface area (Å²) in [5.41, 5.74) is 1.20. The Morgan fingerprint density at radius 3 is 2.72 bits per heavy atom. The normalized spacial score (nSPS) is 30.4. The van der Waals surface area contributed by atoms with E-state index in [0.29, 0.717) is 6.04 Å². The van der Waals surface area contributed by atoms with Crippen LogP contribution in [0.25, 0.3) is 10.9 Å². The molecule has 2 bridgehead atoms. The van der Waals surface area contributed by atoms with Crippen LogP contribution in [0.15, 0.2) is 24.4 Å². The minimum atomic E-state index is 0.663. The average Bonchev–Trinajstić information content (AvgIpc) is 3.00. The summed E-state index contributed by atoms with van der Waals surface area (Å²) in [5, 5.41) is 2.62. The van der Waals surface area contributed by atoms with Crippen LogP contribution in [-0.2, 0) is 0 Å². The standard InChI is InChI=1S/C15H15Cl2N/c16-11-7-13(17)12-3-4-18(15(12)8-11)14-6-9-1-2-10(14)5-9/h3-4,7-10,14H,1-2,5-6H2. The molecule has 3 heteroatoms. The first-order valence-electron chi connectivity index (χ1n) is 6.68. The minimum absolute atomic E-state index is 0.663. The Balaban J connectivity index is 1.86. The van der Waals surface area contributed by atoms with Crippen molar-refractivity contribution in [2.24, 2.45) is 11.8 Å². The fourth-order valence-electron chi connectivity index (χ4n) is 4.03. The van der Waals surface area contributed by atoms with Gasteiger partial charge in [-0.3, -0.25) is 0 Å². The molecule has 2 aliphatic carbocycles. The van der Waals surface area contributed by atoms with Crippen LogP contribution in [0.4, 0.5) is 0 Å². The Labute approximate surface area is 117 Å². The number of hydrogen-bond acceptors (Lipinski definition) is 0. The third-order valence-corrected chi connectivity index (χ3v) is 5.34. The summed E-state index contributed by atoms with van der Waals surface area (Å²) < 4.78 is 2.41. The van der Waals surface area contributed by atoms with Crippen LogP contribution in [0.2, 0.25) is 10.0 Å². The van der Waals surface area contributed by atoms with Crippen LogP contribution in [0.3, 0.4) is 0 Å². The molecule has 0 N–H and O–H groups in total. The van der Waals surface area contributed by atoms with E-state index in [-0.39, 0.29) is 0 Å². The summed E-state index contributed by atoms with van der Waals surface area (Å²) in [6.45, 7) is 0. The Bertz CT molecular complexity index is 616. The van der Waals surface area contributed by atoms with Gasteiger partial charge in [0.25, 0.3) is 0 Å². The molecule has 0 saturated heterocycles. The highest BCUT2D eigenvalue weighted by molar-refractivity contribution is 6.38. The molecule has 2 aliphatic rings. The van der Waals surface area contributed by atoms with Crippen molar-refractivity contribution in [3.8, 4) is 0 Å². The third kappa shape index (κ3) is 1.53. The van der Waals surface area contributed by atoms with E-state index >= 15 is 0 Å². The Morgan fingerprint density at radius 1 is 1.11 bits per heavy atom. The Morgan fingerprint density at radius 2 is 2.00 bits per heavy atom. The molecule has 1 heterocycles. The van der Waals surface area contributed by atoms with Gasteiger partial charge in [0.05, 0.1) is 10.5 Å². The zero-order valence-electron chi connectivity index (χ0n) is 10.1. The number of hydrogen-bond donors (Lipinski definition) is 0. The molecule has 2 fully saturated rings. The Kier molecular flexibility index (Phi) is 2.43. The van der Waals surface area contributed by atoms with Gasteiger partial charge in [-0.2, -0.15) is 0 Å². The maximum absolute atomic E-state index is 6.26. The number of nitrogens with zero attached hydrogens (tertiary/aromatic N) is 1. The number of benzene rings is 1. The highest BCUT2D eigenvalue weighted by atomic mass is 35.5. The molecule has 3 unspecified atom stereocenters. The summed E-state index contributed by atoms with van der Waals surface area (Å²) in [7, 11) is 0. The van der Waals surface area contributed by atoms with E-state index in [0.717, 1.165) is 27.3 Å². The lowest BCUT2D eigenvalue weighted by atomic mass is 9.95. The smallest absolute Gasteiger partial charge is 0.0514 e. The molecule has 94 valence electrons. The van der Waals surface area contributed by atoms with Crippen LogP contribution in [0, 0.1) is 11.8 Å². The number of fused-ring (bicyclic) bond motifs is 3. The van der Waals surface area contributed by atoms with Gasteiger partial charge in [0.2, 0.25) is 0 Å². The second kappa shape index (κ2) is 3.91. The molecule has 1 aromatic heterocycles. The van der Waals surface area contributed by atoms with Gasteiger partial charge in [-0.05, 0) is 49.3 Å². The van der Waals surface area contributed by atoms with E-state index < -0.39 is 0 Å². The molecule has 0 aliphatic heterocycles. The molecular formula is C15H15Cl2N. The highest BCUT2D eigenvalue weighted by Gasteiger charge is 2.40. The van der Waals surface area contributed by atoms with E-state index in [4.69, 9.17) is 23.2 Å². The van der Waals surface area contributed by atoms with Crippen molar-refractivity contribution in [1.29, 1.82) is 0 Å². The zero-order valence-corrected chi connectivity index (χ0v) is 11.6. The van der Waals surface area contributed by atoms with Gasteiger partial charge in [-0.15, -0.1) is 0 Å². The summed E-state index contributed by atoms with van der Waals surface area (Å²) in [6.07, 6.45) is 7.76. The molecule has 1 aromatic carbocycles. The Hall–Kier alpha value is -0.660. The van der Waals surface area contributed by atoms with Gasteiger partial charge in [0, 0.05) is 22.6 Å². The van der Waals surface area contributed by atoms with Crippen LogP contribution in [0.1, 0.15) is 31.7 Å². The van der Waals surface area contributed by atoms with Gasteiger partial charge in [0.15, 0.2) is 0 Å². The second-order valence-electron chi connectivity index (χ2n) is 5.79. The van der Waals surface area contributed by atoms with Crippen LogP contribution in [-0.4, -0.2) is 4.57 Å². The first-order chi connectivity index (χ1) is 8.72. The molecule has 0 amide bonds. The van der Waals surface area contributed by atoms with E-state index in [9.17, 15) is 0 Å². The highest BCUT2D eigenvalue weighted by Crippen LogP contribution is 2.51. The van der Waals surface area contributed by atoms with Gasteiger partial charge < -0.3 is 4.57 Å². The molecule has 2 aromatic rings. The molecule has 0 spiro atoms. The van der Waals surface area contributed by atoms with Crippen molar-refractivity contribution < 1.29 is 0 Å². The van der Waals surface area contributed by atoms with E-state index in [2.05, 4.69) is 22.9 Å². The van der Waals surface area contributed by atoms with E-state index in [1.165, 1.54) is 31.2 Å². The van der Waals surface area contributed by atoms with Gasteiger partial charge >= 0.3 is 0 Å². The molecule has 18 heavy (non-hydrogen) atoms. The van der Waals surface area contributed by atoms with Crippen LogP contribution < -0.4 is 0 Å². The minimum Gasteiger partial charge on any atom is -0.344 e. The predicted molar refractivity (Wildman–Crippen MR) is 76.4 cm³/mol. The largest absolute Gasteiger partial charge is 0.344 e. The number of halogens is 2. The van der Waals surface area contributed by atoms with Crippen molar-refractivity contribution in [3.05, 3.63) is 34.4 Å². The van der Waals surface area contributed by atoms with E-state index in [1.807, 2.05) is 6.07 Å². The number of rotatable bonds is 1.